The van der Waals surface area contributed by atoms with Gasteiger partial charge in [0.1, 0.15) is 5.52 Å². The Labute approximate surface area is 96.3 Å². The number of aromatic nitrogens is 1. The number of rotatable bonds is 3. The summed E-state index contributed by atoms with van der Waals surface area (Å²) in [5.41, 5.74) is 0.962. The Morgan fingerprint density at radius 1 is 1.53 bits per heavy atom. The molecule has 0 N–H and O–H groups in total. The summed E-state index contributed by atoms with van der Waals surface area (Å²) < 4.78 is 10.5. The Hall–Kier alpha value is -2.11. The SMILES string of the molecule is COc1cc2oc(C3CC3)nc2cc1[N+](=O)[O-]. The van der Waals surface area contributed by atoms with Gasteiger partial charge in [0.05, 0.1) is 12.0 Å². The number of hydrogen-bond acceptors (Lipinski definition) is 5. The van der Waals surface area contributed by atoms with Crippen molar-refractivity contribution in [3.8, 4) is 5.75 Å². The zero-order chi connectivity index (χ0) is 12.0. The van der Waals surface area contributed by atoms with Gasteiger partial charge in [0, 0.05) is 18.1 Å². The van der Waals surface area contributed by atoms with E-state index in [-0.39, 0.29) is 11.4 Å². The predicted octanol–water partition coefficient (Wildman–Crippen LogP) is 2.62. The Bertz CT molecular complexity index is 601. The maximum absolute atomic E-state index is 10.8. The predicted molar refractivity (Wildman–Crippen MR) is 59.2 cm³/mol. The van der Waals surface area contributed by atoms with Crippen LogP contribution in [0.4, 0.5) is 5.69 Å². The fraction of sp³-hybridized carbons (Fsp3) is 0.364. The number of oxazole rings is 1. The molecule has 0 amide bonds. The van der Waals surface area contributed by atoms with Gasteiger partial charge in [-0.2, -0.15) is 0 Å². The van der Waals surface area contributed by atoms with Crippen molar-refractivity contribution in [3.63, 3.8) is 0 Å². The lowest BCUT2D eigenvalue weighted by Gasteiger charge is -1.99. The van der Waals surface area contributed by atoms with Crippen LogP contribution in [0.2, 0.25) is 0 Å². The molecule has 0 aliphatic heterocycles. The third-order valence-electron chi connectivity index (χ3n) is 2.83. The van der Waals surface area contributed by atoms with E-state index in [2.05, 4.69) is 4.98 Å². The zero-order valence-corrected chi connectivity index (χ0v) is 9.17. The van der Waals surface area contributed by atoms with Crippen molar-refractivity contribution in [3.05, 3.63) is 28.1 Å². The lowest BCUT2D eigenvalue weighted by Crippen LogP contribution is -1.93. The highest BCUT2D eigenvalue weighted by atomic mass is 16.6. The average molecular weight is 234 g/mol. The minimum Gasteiger partial charge on any atom is -0.490 e. The molecule has 1 aliphatic carbocycles. The lowest BCUT2D eigenvalue weighted by atomic mass is 10.2. The van der Waals surface area contributed by atoms with Gasteiger partial charge in [-0.1, -0.05) is 0 Å². The minimum atomic E-state index is -0.482. The van der Waals surface area contributed by atoms with Crippen LogP contribution in [0.1, 0.15) is 24.7 Å². The molecule has 1 aromatic carbocycles. The van der Waals surface area contributed by atoms with Crippen molar-refractivity contribution < 1.29 is 14.1 Å². The summed E-state index contributed by atoms with van der Waals surface area (Å²) in [7, 11) is 1.40. The van der Waals surface area contributed by atoms with Crippen LogP contribution in [0.25, 0.3) is 11.1 Å². The van der Waals surface area contributed by atoms with Gasteiger partial charge in [-0.3, -0.25) is 10.1 Å². The molecule has 2 aromatic rings. The number of nitrogens with zero attached hydrogens (tertiary/aromatic N) is 2. The molecule has 1 aliphatic rings. The average Bonchev–Trinajstić information content (AvgIpc) is 3.07. The van der Waals surface area contributed by atoms with E-state index >= 15 is 0 Å². The number of nitro benzene ring substituents is 1. The summed E-state index contributed by atoms with van der Waals surface area (Å²) in [6.45, 7) is 0. The van der Waals surface area contributed by atoms with Gasteiger partial charge in [0.2, 0.25) is 5.75 Å². The third-order valence-corrected chi connectivity index (χ3v) is 2.83. The van der Waals surface area contributed by atoms with Crippen molar-refractivity contribution in [2.75, 3.05) is 7.11 Å². The van der Waals surface area contributed by atoms with E-state index in [9.17, 15) is 10.1 Å². The highest BCUT2D eigenvalue weighted by Crippen LogP contribution is 2.41. The molecule has 0 bridgehead atoms. The summed E-state index contributed by atoms with van der Waals surface area (Å²) in [5, 5.41) is 10.8. The normalized spacial score (nSPS) is 15.1. The quantitative estimate of drug-likeness (QED) is 0.602. The van der Waals surface area contributed by atoms with Gasteiger partial charge in [0.15, 0.2) is 11.5 Å². The summed E-state index contributed by atoms with van der Waals surface area (Å²) in [4.78, 5) is 14.6. The smallest absolute Gasteiger partial charge is 0.313 e. The maximum atomic E-state index is 10.8. The fourth-order valence-corrected chi connectivity index (χ4v) is 1.77. The standard InChI is InChI=1S/C11H10N2O4/c1-16-10-5-9-7(4-8(10)13(14)15)12-11(17-9)6-2-3-6/h4-6H,2-3H2,1H3. The molecule has 0 unspecified atom stereocenters. The summed E-state index contributed by atoms with van der Waals surface area (Å²) >= 11 is 0. The highest BCUT2D eigenvalue weighted by molar-refractivity contribution is 5.79. The van der Waals surface area contributed by atoms with E-state index < -0.39 is 4.92 Å². The number of nitro groups is 1. The van der Waals surface area contributed by atoms with Gasteiger partial charge in [0.25, 0.3) is 0 Å². The largest absolute Gasteiger partial charge is 0.490 e. The summed E-state index contributed by atoms with van der Waals surface area (Å²) in [6.07, 6.45) is 2.15. The second-order valence-corrected chi connectivity index (χ2v) is 4.08. The topological polar surface area (TPSA) is 78.4 Å². The van der Waals surface area contributed by atoms with Crippen LogP contribution in [0.15, 0.2) is 16.5 Å². The molecule has 0 atom stereocenters. The monoisotopic (exact) mass is 234 g/mol. The molecule has 1 saturated carbocycles. The molecule has 6 heteroatoms. The first-order chi connectivity index (χ1) is 8.19. The first kappa shape index (κ1) is 10.1. The molecule has 3 rings (SSSR count). The van der Waals surface area contributed by atoms with E-state index in [0.717, 1.165) is 12.8 Å². The van der Waals surface area contributed by atoms with Crippen molar-refractivity contribution in [1.82, 2.24) is 4.98 Å². The molecule has 6 nitrogen and oxygen atoms in total. The number of methoxy groups -OCH3 is 1. The fourth-order valence-electron chi connectivity index (χ4n) is 1.77. The van der Waals surface area contributed by atoms with Gasteiger partial charge in [-0.15, -0.1) is 0 Å². The van der Waals surface area contributed by atoms with Crippen LogP contribution in [0.5, 0.6) is 5.75 Å². The second-order valence-electron chi connectivity index (χ2n) is 4.08. The molecule has 1 aromatic heterocycles. The van der Waals surface area contributed by atoms with E-state index in [1.54, 1.807) is 0 Å². The van der Waals surface area contributed by atoms with E-state index in [4.69, 9.17) is 9.15 Å². The molecule has 0 radical (unpaired) electrons. The Kier molecular flexibility index (Phi) is 2.04. The second kappa shape index (κ2) is 3.44. The Balaban J connectivity index is 2.18. The maximum Gasteiger partial charge on any atom is 0.313 e. The van der Waals surface area contributed by atoms with Crippen LogP contribution in [-0.2, 0) is 0 Å². The van der Waals surface area contributed by atoms with Gasteiger partial charge >= 0.3 is 5.69 Å². The first-order valence-corrected chi connectivity index (χ1v) is 5.32. The van der Waals surface area contributed by atoms with Crippen LogP contribution in [-0.4, -0.2) is 17.0 Å². The van der Waals surface area contributed by atoms with Crippen molar-refractivity contribution in [2.45, 2.75) is 18.8 Å². The molecule has 17 heavy (non-hydrogen) atoms. The summed E-state index contributed by atoms with van der Waals surface area (Å²) in [6, 6.07) is 2.91. The minimum absolute atomic E-state index is 0.0874. The molecule has 88 valence electrons. The van der Waals surface area contributed by atoms with Crippen LogP contribution in [0.3, 0.4) is 0 Å². The Morgan fingerprint density at radius 3 is 2.88 bits per heavy atom. The first-order valence-electron chi connectivity index (χ1n) is 5.32. The van der Waals surface area contributed by atoms with Crippen LogP contribution in [0, 0.1) is 10.1 Å². The third kappa shape index (κ3) is 1.61. The molecule has 1 fully saturated rings. The molecule has 0 saturated heterocycles. The van der Waals surface area contributed by atoms with E-state index in [1.165, 1.54) is 19.2 Å². The zero-order valence-electron chi connectivity index (χ0n) is 9.17. The number of ether oxygens (including phenoxy) is 1. The van der Waals surface area contributed by atoms with Gasteiger partial charge in [-0.25, -0.2) is 4.98 Å². The van der Waals surface area contributed by atoms with Crippen molar-refractivity contribution in [2.24, 2.45) is 0 Å². The number of hydrogen-bond donors (Lipinski definition) is 0. The van der Waals surface area contributed by atoms with Gasteiger partial charge in [-0.05, 0) is 12.8 Å². The lowest BCUT2D eigenvalue weighted by molar-refractivity contribution is -0.385. The summed E-state index contributed by atoms with van der Waals surface area (Å²) in [5.74, 6) is 1.25. The van der Waals surface area contributed by atoms with Gasteiger partial charge < -0.3 is 9.15 Å². The van der Waals surface area contributed by atoms with Crippen molar-refractivity contribution >= 4 is 16.8 Å². The highest BCUT2D eigenvalue weighted by Gasteiger charge is 2.29. The van der Waals surface area contributed by atoms with Crippen LogP contribution < -0.4 is 4.74 Å². The van der Waals surface area contributed by atoms with E-state index in [0.29, 0.717) is 22.9 Å². The molecule has 1 heterocycles. The molecular formula is C11H10N2O4. The number of fused-ring (bicyclic) bond motifs is 1. The molecular weight excluding hydrogens is 224 g/mol. The van der Waals surface area contributed by atoms with E-state index in [1.807, 2.05) is 0 Å². The molecule has 0 spiro atoms. The van der Waals surface area contributed by atoms with Crippen LogP contribution >= 0.6 is 0 Å². The Morgan fingerprint density at radius 2 is 2.29 bits per heavy atom. The van der Waals surface area contributed by atoms with Crippen molar-refractivity contribution in [1.29, 1.82) is 0 Å². The number of benzene rings is 1.